The number of carbonyl (C=O) groups is 1. The molecule has 0 atom stereocenters. The fourth-order valence-corrected chi connectivity index (χ4v) is 1.93. The molecule has 3 aromatic heterocycles. The van der Waals surface area contributed by atoms with Gasteiger partial charge in [-0.1, -0.05) is 6.07 Å². The third kappa shape index (κ3) is 2.81. The molecule has 0 fully saturated rings. The number of nitrogens with one attached hydrogen (secondary N) is 2. The second kappa shape index (κ2) is 5.58. The normalized spacial score (nSPS) is 10.5. The van der Waals surface area contributed by atoms with Crippen molar-refractivity contribution in [3.63, 3.8) is 0 Å². The summed E-state index contributed by atoms with van der Waals surface area (Å²) in [5.74, 6) is 0.633. The molecule has 0 aliphatic heterocycles. The highest BCUT2D eigenvalue weighted by atomic mass is 16.1. The molecule has 1 amide bonds. The summed E-state index contributed by atoms with van der Waals surface area (Å²) in [5.41, 5.74) is 2.23. The predicted octanol–water partition coefficient (Wildman–Crippen LogP) is 1.23. The van der Waals surface area contributed by atoms with E-state index in [4.69, 9.17) is 0 Å². The van der Waals surface area contributed by atoms with Crippen LogP contribution in [-0.4, -0.2) is 30.6 Å². The van der Waals surface area contributed by atoms with Gasteiger partial charge in [-0.25, -0.2) is 9.97 Å². The highest BCUT2D eigenvalue weighted by Crippen LogP contribution is 2.06. The van der Waals surface area contributed by atoms with Crippen molar-refractivity contribution >= 4 is 5.91 Å². The Labute approximate surface area is 121 Å². The van der Waals surface area contributed by atoms with Crippen LogP contribution in [0.3, 0.4) is 0 Å². The lowest BCUT2D eigenvalue weighted by Crippen LogP contribution is -2.23. The Morgan fingerprint density at radius 1 is 1.38 bits per heavy atom. The molecular weight excluding hydrogens is 268 g/mol. The average Bonchev–Trinajstić information content (AvgIpc) is 3.16. The molecule has 0 saturated carbocycles. The lowest BCUT2D eigenvalue weighted by atomic mass is 10.2. The second-order valence-electron chi connectivity index (χ2n) is 4.59. The van der Waals surface area contributed by atoms with E-state index in [1.165, 1.54) is 6.20 Å². The molecule has 0 aromatic carbocycles. The Bertz CT molecular complexity index is 729. The van der Waals surface area contributed by atoms with E-state index in [0.717, 1.165) is 17.1 Å². The van der Waals surface area contributed by atoms with E-state index in [-0.39, 0.29) is 5.91 Å². The number of pyridine rings is 1. The fraction of sp³-hybridized carbons (Fsp3) is 0.143. The molecule has 0 saturated heterocycles. The van der Waals surface area contributed by atoms with Gasteiger partial charge in [-0.15, -0.1) is 0 Å². The van der Waals surface area contributed by atoms with Crippen molar-refractivity contribution in [2.24, 2.45) is 0 Å². The Kier molecular flexibility index (Phi) is 3.46. The minimum absolute atomic E-state index is 0.153. The van der Waals surface area contributed by atoms with Gasteiger partial charge in [0, 0.05) is 30.8 Å². The van der Waals surface area contributed by atoms with Crippen molar-refractivity contribution in [1.82, 2.24) is 30.0 Å². The van der Waals surface area contributed by atoms with Crippen LogP contribution in [0.4, 0.5) is 0 Å². The number of aromatic amines is 1. The second-order valence-corrected chi connectivity index (χ2v) is 4.59. The number of carbonyl (C=O) groups excluding carboxylic acids is 1. The Morgan fingerprint density at radius 2 is 2.29 bits per heavy atom. The van der Waals surface area contributed by atoms with Crippen LogP contribution in [0.25, 0.3) is 5.82 Å². The van der Waals surface area contributed by atoms with Crippen LogP contribution in [0.1, 0.15) is 21.6 Å². The Morgan fingerprint density at radius 3 is 2.90 bits per heavy atom. The van der Waals surface area contributed by atoms with E-state index >= 15 is 0 Å². The topological polar surface area (TPSA) is 88.5 Å². The van der Waals surface area contributed by atoms with Crippen molar-refractivity contribution in [2.45, 2.75) is 13.5 Å². The molecule has 0 bridgehead atoms. The van der Waals surface area contributed by atoms with Crippen LogP contribution in [0.5, 0.6) is 0 Å². The van der Waals surface area contributed by atoms with Crippen LogP contribution in [0, 0.1) is 6.92 Å². The molecular formula is C14H14N6O. The van der Waals surface area contributed by atoms with Gasteiger partial charge in [-0.3, -0.25) is 14.5 Å². The number of imidazole rings is 1. The lowest BCUT2D eigenvalue weighted by Gasteiger charge is -2.06. The zero-order valence-corrected chi connectivity index (χ0v) is 11.4. The summed E-state index contributed by atoms with van der Waals surface area (Å²) in [7, 11) is 0. The molecule has 0 aliphatic carbocycles. The SMILES string of the molecule is Cc1[nH]ncc1C(=O)NCc1ccc(-n2ccnc2)nc1. The molecule has 7 nitrogen and oxygen atoms in total. The van der Waals surface area contributed by atoms with Crippen molar-refractivity contribution in [1.29, 1.82) is 0 Å². The summed E-state index contributed by atoms with van der Waals surface area (Å²) >= 11 is 0. The van der Waals surface area contributed by atoms with Gasteiger partial charge < -0.3 is 5.32 Å². The van der Waals surface area contributed by atoms with Crippen molar-refractivity contribution in [2.75, 3.05) is 0 Å². The van der Waals surface area contributed by atoms with Crippen LogP contribution in [-0.2, 0) is 6.54 Å². The number of amides is 1. The van der Waals surface area contributed by atoms with Crippen molar-refractivity contribution in [3.05, 3.63) is 60.1 Å². The number of hydrogen-bond donors (Lipinski definition) is 2. The lowest BCUT2D eigenvalue weighted by molar-refractivity contribution is 0.0950. The molecule has 0 radical (unpaired) electrons. The number of nitrogens with zero attached hydrogens (tertiary/aromatic N) is 4. The zero-order chi connectivity index (χ0) is 14.7. The smallest absolute Gasteiger partial charge is 0.255 e. The number of aryl methyl sites for hydroxylation is 1. The van der Waals surface area contributed by atoms with E-state index in [1.807, 2.05) is 29.8 Å². The highest BCUT2D eigenvalue weighted by molar-refractivity contribution is 5.94. The first-order valence-electron chi connectivity index (χ1n) is 6.45. The monoisotopic (exact) mass is 282 g/mol. The molecule has 0 spiro atoms. The Balaban J connectivity index is 1.64. The van der Waals surface area contributed by atoms with Gasteiger partial charge in [-0.05, 0) is 18.6 Å². The average molecular weight is 282 g/mol. The van der Waals surface area contributed by atoms with Gasteiger partial charge in [-0.2, -0.15) is 5.10 Å². The first-order chi connectivity index (χ1) is 10.2. The van der Waals surface area contributed by atoms with Gasteiger partial charge in [0.25, 0.3) is 5.91 Å². The maximum atomic E-state index is 11.9. The summed E-state index contributed by atoms with van der Waals surface area (Å²) in [6, 6.07) is 3.80. The largest absolute Gasteiger partial charge is 0.348 e. The van der Waals surface area contributed by atoms with Crippen molar-refractivity contribution in [3.8, 4) is 5.82 Å². The van der Waals surface area contributed by atoms with Gasteiger partial charge in [0.15, 0.2) is 0 Å². The van der Waals surface area contributed by atoms with Crippen LogP contribution >= 0.6 is 0 Å². The number of aromatic nitrogens is 5. The standard InChI is InChI=1S/C14H14N6O/c1-10-12(8-18-19-10)14(21)17-7-11-2-3-13(16-6-11)20-5-4-15-9-20/h2-6,8-9H,7H2,1H3,(H,17,21)(H,18,19). The molecule has 3 aromatic rings. The third-order valence-corrected chi connectivity index (χ3v) is 3.11. The molecule has 3 heterocycles. The number of rotatable bonds is 4. The molecule has 21 heavy (non-hydrogen) atoms. The zero-order valence-electron chi connectivity index (χ0n) is 11.4. The summed E-state index contributed by atoms with van der Waals surface area (Å²) in [5, 5.41) is 9.41. The van der Waals surface area contributed by atoms with Crippen molar-refractivity contribution < 1.29 is 4.79 Å². The van der Waals surface area contributed by atoms with E-state index < -0.39 is 0 Å². The van der Waals surface area contributed by atoms with E-state index in [1.54, 1.807) is 18.7 Å². The summed E-state index contributed by atoms with van der Waals surface area (Å²) < 4.78 is 1.82. The first kappa shape index (κ1) is 13.0. The van der Waals surface area contributed by atoms with Gasteiger partial charge in [0.05, 0.1) is 11.8 Å². The quantitative estimate of drug-likeness (QED) is 0.753. The number of H-pyrrole nitrogens is 1. The maximum Gasteiger partial charge on any atom is 0.255 e. The molecule has 2 N–H and O–H groups in total. The summed E-state index contributed by atoms with van der Waals surface area (Å²) in [4.78, 5) is 20.3. The highest BCUT2D eigenvalue weighted by Gasteiger charge is 2.10. The van der Waals surface area contributed by atoms with Crippen LogP contribution < -0.4 is 5.32 Å². The third-order valence-electron chi connectivity index (χ3n) is 3.11. The predicted molar refractivity (Wildman–Crippen MR) is 75.9 cm³/mol. The van der Waals surface area contributed by atoms with E-state index in [0.29, 0.717) is 12.1 Å². The molecule has 0 aliphatic rings. The molecule has 3 rings (SSSR count). The van der Waals surface area contributed by atoms with Gasteiger partial charge in [0.1, 0.15) is 12.1 Å². The molecule has 0 unspecified atom stereocenters. The maximum absolute atomic E-state index is 11.9. The van der Waals surface area contributed by atoms with E-state index in [9.17, 15) is 4.79 Å². The Hall–Kier alpha value is -2.96. The van der Waals surface area contributed by atoms with Crippen LogP contribution in [0.2, 0.25) is 0 Å². The minimum Gasteiger partial charge on any atom is -0.348 e. The van der Waals surface area contributed by atoms with E-state index in [2.05, 4.69) is 25.5 Å². The fourth-order valence-electron chi connectivity index (χ4n) is 1.93. The first-order valence-corrected chi connectivity index (χ1v) is 6.45. The summed E-state index contributed by atoms with van der Waals surface area (Å²) in [6.45, 7) is 2.23. The van der Waals surface area contributed by atoms with Gasteiger partial charge >= 0.3 is 0 Å². The molecule has 7 heteroatoms. The minimum atomic E-state index is -0.153. The van der Waals surface area contributed by atoms with Gasteiger partial charge in [0.2, 0.25) is 0 Å². The van der Waals surface area contributed by atoms with Crippen LogP contribution in [0.15, 0.2) is 43.2 Å². The number of hydrogen-bond acceptors (Lipinski definition) is 4. The summed E-state index contributed by atoms with van der Waals surface area (Å²) in [6.07, 6.45) is 8.46. The molecule has 106 valence electrons.